The highest BCUT2D eigenvalue weighted by Gasteiger charge is 2.23. The number of carbonyl (C=O) groups is 1. The molecule has 0 spiro atoms. The second kappa shape index (κ2) is 9.36. The van der Waals surface area contributed by atoms with E-state index in [0.29, 0.717) is 25.5 Å². The Morgan fingerprint density at radius 1 is 1.44 bits per heavy atom. The maximum atomic E-state index is 13.1. The number of likely N-dealkylation sites (tertiary alicyclic amines) is 1. The molecule has 2 N–H and O–H groups in total. The molecule has 0 aromatic heterocycles. The van der Waals surface area contributed by atoms with Gasteiger partial charge in [0.2, 0.25) is 5.91 Å². The van der Waals surface area contributed by atoms with Crippen molar-refractivity contribution in [1.82, 2.24) is 15.5 Å². The fraction of sp³-hybridized carbons (Fsp3) is 0.556. The molecule has 2 atom stereocenters. The number of nitrogens with one attached hydrogen (secondary N) is 2. The van der Waals surface area contributed by atoms with Gasteiger partial charge in [0.1, 0.15) is 11.9 Å². The highest BCUT2D eigenvalue weighted by molar-refractivity contribution is 5.81. The van der Waals surface area contributed by atoms with Crippen LogP contribution in [0.2, 0.25) is 0 Å². The molecule has 1 aliphatic heterocycles. The number of piperidine rings is 1. The summed E-state index contributed by atoms with van der Waals surface area (Å²) < 4.78 is 18.6. The summed E-state index contributed by atoms with van der Waals surface area (Å²) in [5.74, 6) is 0.600. The van der Waals surface area contributed by atoms with Crippen LogP contribution >= 0.6 is 0 Å². The van der Waals surface area contributed by atoms with Gasteiger partial charge in [-0.2, -0.15) is 0 Å². The molecule has 6 nitrogen and oxygen atoms in total. The minimum Gasteiger partial charge on any atom is -0.375 e. The van der Waals surface area contributed by atoms with Crippen LogP contribution in [0.5, 0.6) is 0 Å². The number of methoxy groups -OCH3 is 1. The molecule has 1 heterocycles. The Hall–Kier alpha value is -2.15. The van der Waals surface area contributed by atoms with Crippen LogP contribution in [0.3, 0.4) is 0 Å². The normalized spacial score (nSPS) is 19.7. The number of ether oxygens (including phenoxy) is 1. The summed E-state index contributed by atoms with van der Waals surface area (Å²) in [5.41, 5.74) is 0.881. The van der Waals surface area contributed by atoms with E-state index in [0.717, 1.165) is 18.5 Å². The number of likely N-dealkylation sites (N-methyl/N-ethyl adjacent to an activating group) is 1. The van der Waals surface area contributed by atoms with Crippen molar-refractivity contribution in [2.75, 3.05) is 33.8 Å². The average molecular weight is 350 g/mol. The summed E-state index contributed by atoms with van der Waals surface area (Å²) >= 11 is 0. The van der Waals surface area contributed by atoms with E-state index in [-0.39, 0.29) is 23.9 Å². The van der Waals surface area contributed by atoms with Crippen molar-refractivity contribution in [3.05, 3.63) is 35.6 Å². The number of hydrogen-bond donors (Lipinski definition) is 2. The molecule has 0 radical (unpaired) electrons. The molecule has 25 heavy (non-hydrogen) atoms. The predicted molar refractivity (Wildman–Crippen MR) is 95.9 cm³/mol. The molecule has 1 fully saturated rings. The molecule has 2 unspecified atom stereocenters. The molecule has 1 aliphatic rings. The second-order valence-corrected chi connectivity index (χ2v) is 6.15. The third-order valence-corrected chi connectivity index (χ3v) is 4.25. The van der Waals surface area contributed by atoms with Crippen molar-refractivity contribution >= 4 is 11.9 Å². The summed E-state index contributed by atoms with van der Waals surface area (Å²) in [5, 5.41) is 6.59. The van der Waals surface area contributed by atoms with Crippen molar-refractivity contribution in [2.45, 2.75) is 31.9 Å². The second-order valence-electron chi connectivity index (χ2n) is 6.15. The van der Waals surface area contributed by atoms with E-state index < -0.39 is 0 Å². The summed E-state index contributed by atoms with van der Waals surface area (Å²) in [7, 11) is 3.43. The van der Waals surface area contributed by atoms with E-state index in [2.05, 4.69) is 15.6 Å². The zero-order chi connectivity index (χ0) is 18.2. The number of carbonyl (C=O) groups excluding carboxylic acids is 1. The first kappa shape index (κ1) is 19.2. The van der Waals surface area contributed by atoms with Crippen LogP contribution < -0.4 is 10.6 Å². The van der Waals surface area contributed by atoms with Crippen molar-refractivity contribution in [3.8, 4) is 0 Å². The molecule has 1 saturated heterocycles. The van der Waals surface area contributed by atoms with E-state index in [1.807, 2.05) is 14.0 Å². The third kappa shape index (κ3) is 5.70. The Bertz CT molecular complexity index is 591. The number of guanidine groups is 1. The molecule has 1 aromatic rings. The van der Waals surface area contributed by atoms with E-state index in [1.165, 1.54) is 12.1 Å². The number of halogens is 1. The van der Waals surface area contributed by atoms with Crippen molar-refractivity contribution in [3.63, 3.8) is 0 Å². The lowest BCUT2D eigenvalue weighted by Crippen LogP contribution is -2.51. The van der Waals surface area contributed by atoms with Crippen LogP contribution in [0.25, 0.3) is 0 Å². The third-order valence-electron chi connectivity index (χ3n) is 4.25. The molecule has 138 valence electrons. The Morgan fingerprint density at radius 3 is 2.76 bits per heavy atom. The topological polar surface area (TPSA) is 66.0 Å². The van der Waals surface area contributed by atoms with Gasteiger partial charge in [0, 0.05) is 39.7 Å². The highest BCUT2D eigenvalue weighted by Crippen LogP contribution is 2.17. The van der Waals surface area contributed by atoms with Gasteiger partial charge in [0.15, 0.2) is 5.96 Å². The number of aliphatic imine (C=N–C) groups is 1. The van der Waals surface area contributed by atoms with Gasteiger partial charge in [-0.05, 0) is 31.0 Å². The lowest BCUT2D eigenvalue weighted by atomic mass is 10.1. The minimum atomic E-state index is -0.270. The largest absolute Gasteiger partial charge is 0.375 e. The zero-order valence-electron chi connectivity index (χ0n) is 15.1. The molecule has 0 bridgehead atoms. The van der Waals surface area contributed by atoms with Gasteiger partial charge in [0.25, 0.3) is 0 Å². The van der Waals surface area contributed by atoms with Crippen LogP contribution in [-0.4, -0.2) is 56.6 Å². The molecule has 0 saturated carbocycles. The molecule has 2 rings (SSSR count). The quantitative estimate of drug-likeness (QED) is 0.605. The molecule has 0 aliphatic carbocycles. The van der Waals surface area contributed by atoms with Crippen LogP contribution in [0.1, 0.15) is 31.4 Å². The predicted octanol–water partition coefficient (Wildman–Crippen LogP) is 1.69. The highest BCUT2D eigenvalue weighted by atomic mass is 19.1. The lowest BCUT2D eigenvalue weighted by Gasteiger charge is -2.31. The van der Waals surface area contributed by atoms with E-state index in [9.17, 15) is 9.18 Å². The maximum absolute atomic E-state index is 13.1. The zero-order valence-corrected chi connectivity index (χ0v) is 15.1. The monoisotopic (exact) mass is 350 g/mol. The molecule has 7 heteroatoms. The van der Waals surface area contributed by atoms with Gasteiger partial charge in [-0.3, -0.25) is 9.79 Å². The van der Waals surface area contributed by atoms with Crippen molar-refractivity contribution in [1.29, 1.82) is 0 Å². The average Bonchev–Trinajstić information content (AvgIpc) is 2.60. The van der Waals surface area contributed by atoms with Gasteiger partial charge < -0.3 is 20.3 Å². The molecular formula is C18H27FN4O2. The smallest absolute Gasteiger partial charge is 0.222 e. The standard InChI is InChI=1S/C18H27FN4O2/c1-4-20-18(22-15-9-10-17(24)23(2)12-15)21-11-16(25-3)13-5-7-14(19)8-6-13/h5-8,15-16H,4,9-12H2,1-3H3,(H2,20,21,22). The first-order chi connectivity index (χ1) is 12.0. The molecule has 1 aromatic carbocycles. The van der Waals surface area contributed by atoms with Crippen LogP contribution in [-0.2, 0) is 9.53 Å². The summed E-state index contributed by atoms with van der Waals surface area (Å²) in [6.45, 7) is 3.82. The Balaban J connectivity index is 2.00. The van der Waals surface area contributed by atoms with Crippen LogP contribution in [0, 0.1) is 5.82 Å². The lowest BCUT2D eigenvalue weighted by molar-refractivity contribution is -0.132. The first-order valence-electron chi connectivity index (χ1n) is 8.60. The van der Waals surface area contributed by atoms with Gasteiger partial charge in [-0.1, -0.05) is 12.1 Å². The van der Waals surface area contributed by atoms with Gasteiger partial charge in [0.05, 0.1) is 6.54 Å². The summed E-state index contributed by atoms with van der Waals surface area (Å²) in [6, 6.07) is 6.43. The van der Waals surface area contributed by atoms with Crippen LogP contribution in [0.15, 0.2) is 29.3 Å². The van der Waals surface area contributed by atoms with Gasteiger partial charge >= 0.3 is 0 Å². The number of benzene rings is 1. The van der Waals surface area contributed by atoms with Crippen molar-refractivity contribution < 1.29 is 13.9 Å². The Morgan fingerprint density at radius 2 is 2.16 bits per heavy atom. The van der Waals surface area contributed by atoms with Crippen LogP contribution in [0.4, 0.5) is 4.39 Å². The molecular weight excluding hydrogens is 323 g/mol. The van der Waals surface area contributed by atoms with Crippen molar-refractivity contribution in [2.24, 2.45) is 4.99 Å². The Kier molecular flexibility index (Phi) is 7.18. The minimum absolute atomic E-state index is 0.173. The number of nitrogens with zero attached hydrogens (tertiary/aromatic N) is 2. The summed E-state index contributed by atoms with van der Waals surface area (Å²) in [4.78, 5) is 17.9. The fourth-order valence-electron chi connectivity index (χ4n) is 2.81. The number of rotatable bonds is 6. The number of hydrogen-bond acceptors (Lipinski definition) is 3. The Labute approximate surface area is 148 Å². The summed E-state index contributed by atoms with van der Waals surface area (Å²) in [6.07, 6.45) is 1.09. The van der Waals surface area contributed by atoms with Gasteiger partial charge in [-0.15, -0.1) is 0 Å². The fourth-order valence-corrected chi connectivity index (χ4v) is 2.81. The van der Waals surface area contributed by atoms with Gasteiger partial charge in [-0.25, -0.2) is 4.39 Å². The first-order valence-corrected chi connectivity index (χ1v) is 8.60. The van der Waals surface area contributed by atoms with E-state index >= 15 is 0 Å². The SMILES string of the molecule is CCNC(=NCC(OC)c1ccc(F)cc1)NC1CCC(=O)N(C)C1. The maximum Gasteiger partial charge on any atom is 0.222 e. The number of amides is 1. The molecule has 1 amide bonds. The van der Waals surface area contributed by atoms with E-state index in [1.54, 1.807) is 24.1 Å². The van der Waals surface area contributed by atoms with E-state index in [4.69, 9.17) is 4.74 Å².